The van der Waals surface area contributed by atoms with E-state index in [0.717, 1.165) is 0 Å². The fourth-order valence-electron chi connectivity index (χ4n) is 0.884. The first-order valence-electron chi connectivity index (χ1n) is 2.50. The average molecular weight is 88.2 g/mol. The highest BCUT2D eigenvalue weighted by Crippen LogP contribution is 2.15. The zero-order valence-electron chi connectivity index (χ0n) is 4.04. The van der Waals surface area contributed by atoms with Gasteiger partial charge in [0.15, 0.2) is 0 Å². The van der Waals surface area contributed by atoms with Gasteiger partial charge in [-0.1, -0.05) is 32.1 Å². The summed E-state index contributed by atoms with van der Waals surface area (Å²) >= 11 is 0. The molecule has 0 atom stereocenters. The molecule has 1 nitrogen and oxygen atoms in total. The molecule has 0 aromatic carbocycles. The Hall–Kier alpha value is -0.0400. The van der Waals surface area contributed by atoms with Crippen LogP contribution in [-0.2, 0) is 0 Å². The lowest BCUT2D eigenvalue weighted by atomic mass is 10.4. The molecule has 1 rings (SSSR count). The Morgan fingerprint density at radius 1 is 0.500 bits per heavy atom. The third-order valence-electron chi connectivity index (χ3n) is 1.25. The monoisotopic (exact) mass is 88.1 g/mol. The van der Waals surface area contributed by atoms with Crippen molar-refractivity contribution >= 4 is 0 Å². The van der Waals surface area contributed by atoms with Gasteiger partial charge in [0.2, 0.25) is 0 Å². The SMILES string of the molecule is C1CCCC1.O. The van der Waals surface area contributed by atoms with Gasteiger partial charge in [-0.3, -0.25) is 0 Å². The Labute approximate surface area is 38.7 Å². The van der Waals surface area contributed by atoms with Crippen LogP contribution in [0.3, 0.4) is 0 Å². The highest BCUT2D eigenvalue weighted by molar-refractivity contribution is 4.51. The molecule has 38 valence electrons. The predicted octanol–water partition coefficient (Wildman–Crippen LogP) is 1.13. The van der Waals surface area contributed by atoms with E-state index in [1.165, 1.54) is 32.1 Å². The summed E-state index contributed by atoms with van der Waals surface area (Å²) in [6.07, 6.45) is 7.50. The minimum Gasteiger partial charge on any atom is -0.412 e. The lowest BCUT2D eigenvalue weighted by Crippen LogP contribution is -1.47. The van der Waals surface area contributed by atoms with E-state index in [-0.39, 0.29) is 5.48 Å². The van der Waals surface area contributed by atoms with E-state index < -0.39 is 0 Å². The molecule has 2 N–H and O–H groups in total. The van der Waals surface area contributed by atoms with Crippen LogP contribution in [0.25, 0.3) is 0 Å². The number of rotatable bonds is 0. The van der Waals surface area contributed by atoms with E-state index in [9.17, 15) is 0 Å². The van der Waals surface area contributed by atoms with Gasteiger partial charge < -0.3 is 5.48 Å². The van der Waals surface area contributed by atoms with Gasteiger partial charge in [0.25, 0.3) is 0 Å². The zero-order valence-corrected chi connectivity index (χ0v) is 4.04. The Kier molecular flexibility index (Phi) is 3.14. The second-order valence-corrected chi connectivity index (χ2v) is 1.77. The smallest absolute Gasteiger partial charge is 0.0533 e. The molecule has 0 heterocycles. The Morgan fingerprint density at radius 2 is 0.667 bits per heavy atom. The Morgan fingerprint density at radius 3 is 0.833 bits per heavy atom. The van der Waals surface area contributed by atoms with E-state index >= 15 is 0 Å². The van der Waals surface area contributed by atoms with Gasteiger partial charge in [-0.15, -0.1) is 0 Å². The van der Waals surface area contributed by atoms with Crippen molar-refractivity contribution < 1.29 is 5.48 Å². The Balaban J connectivity index is 0.000000250. The molecule has 6 heavy (non-hydrogen) atoms. The topological polar surface area (TPSA) is 31.5 Å². The second kappa shape index (κ2) is 3.16. The molecule has 0 radical (unpaired) electrons. The van der Waals surface area contributed by atoms with E-state index in [1.54, 1.807) is 0 Å². The largest absolute Gasteiger partial charge is 0.412 e. The van der Waals surface area contributed by atoms with Crippen molar-refractivity contribution in [1.82, 2.24) is 0 Å². The zero-order chi connectivity index (χ0) is 3.54. The van der Waals surface area contributed by atoms with E-state index in [2.05, 4.69) is 0 Å². The molecular weight excluding hydrogens is 76.1 g/mol. The van der Waals surface area contributed by atoms with Crippen molar-refractivity contribution in [3.63, 3.8) is 0 Å². The lowest BCUT2D eigenvalue weighted by molar-refractivity contribution is 0.824. The van der Waals surface area contributed by atoms with Crippen LogP contribution in [-0.4, -0.2) is 5.48 Å². The molecule has 0 saturated heterocycles. The van der Waals surface area contributed by atoms with Crippen LogP contribution < -0.4 is 0 Å². The van der Waals surface area contributed by atoms with E-state index in [1.807, 2.05) is 0 Å². The van der Waals surface area contributed by atoms with Crippen molar-refractivity contribution in [3.8, 4) is 0 Å². The minimum absolute atomic E-state index is 0. The predicted molar refractivity (Wildman–Crippen MR) is 26.7 cm³/mol. The highest BCUT2D eigenvalue weighted by Gasteiger charge is 1.95. The minimum atomic E-state index is 0. The van der Waals surface area contributed by atoms with Gasteiger partial charge in [-0.05, 0) is 0 Å². The van der Waals surface area contributed by atoms with Gasteiger partial charge >= 0.3 is 0 Å². The van der Waals surface area contributed by atoms with Gasteiger partial charge in [-0.25, -0.2) is 0 Å². The third-order valence-corrected chi connectivity index (χ3v) is 1.25. The average Bonchev–Trinajstić information content (AvgIpc) is 1.76. The number of hydrogen-bond donors (Lipinski definition) is 0. The molecular formula is C5H12O. The van der Waals surface area contributed by atoms with Crippen LogP contribution in [0.1, 0.15) is 32.1 Å². The van der Waals surface area contributed by atoms with Crippen LogP contribution in [0.2, 0.25) is 0 Å². The van der Waals surface area contributed by atoms with Crippen LogP contribution in [0.15, 0.2) is 0 Å². The second-order valence-electron chi connectivity index (χ2n) is 1.77. The lowest BCUT2D eigenvalue weighted by Gasteiger charge is -1.67. The molecule has 0 aromatic heterocycles. The van der Waals surface area contributed by atoms with Gasteiger partial charge in [-0.2, -0.15) is 0 Å². The van der Waals surface area contributed by atoms with Gasteiger partial charge in [0, 0.05) is 0 Å². The first kappa shape index (κ1) is 5.96. The Bertz CT molecular complexity index is 15.5. The molecule has 1 fully saturated rings. The summed E-state index contributed by atoms with van der Waals surface area (Å²) < 4.78 is 0. The van der Waals surface area contributed by atoms with Crippen molar-refractivity contribution in [1.29, 1.82) is 0 Å². The molecule has 1 aliphatic carbocycles. The molecule has 0 amide bonds. The fourth-order valence-corrected chi connectivity index (χ4v) is 0.884. The van der Waals surface area contributed by atoms with E-state index in [0.29, 0.717) is 0 Å². The summed E-state index contributed by atoms with van der Waals surface area (Å²) in [4.78, 5) is 0. The first-order chi connectivity index (χ1) is 2.50. The fraction of sp³-hybridized carbons (Fsp3) is 1.00. The van der Waals surface area contributed by atoms with Crippen molar-refractivity contribution in [3.05, 3.63) is 0 Å². The molecule has 0 aliphatic heterocycles. The molecule has 1 heteroatoms. The summed E-state index contributed by atoms with van der Waals surface area (Å²) in [7, 11) is 0. The van der Waals surface area contributed by atoms with Crippen LogP contribution in [0.4, 0.5) is 0 Å². The molecule has 0 aromatic rings. The molecule has 0 bridgehead atoms. The third kappa shape index (κ3) is 1.41. The maximum atomic E-state index is 1.50. The van der Waals surface area contributed by atoms with Crippen LogP contribution in [0.5, 0.6) is 0 Å². The summed E-state index contributed by atoms with van der Waals surface area (Å²) in [5.41, 5.74) is 0. The maximum absolute atomic E-state index is 1.50. The molecule has 1 aliphatic rings. The molecule has 0 unspecified atom stereocenters. The van der Waals surface area contributed by atoms with Crippen molar-refractivity contribution in [2.75, 3.05) is 0 Å². The molecule has 1 saturated carbocycles. The van der Waals surface area contributed by atoms with Crippen molar-refractivity contribution in [2.24, 2.45) is 0 Å². The maximum Gasteiger partial charge on any atom is -0.0533 e. The number of hydrogen-bond acceptors (Lipinski definition) is 0. The standard InChI is InChI=1S/C5H10.H2O/c1-2-4-5-3-1;/h1-5H2;1H2. The van der Waals surface area contributed by atoms with Gasteiger partial charge in [0.05, 0.1) is 0 Å². The van der Waals surface area contributed by atoms with Crippen LogP contribution >= 0.6 is 0 Å². The van der Waals surface area contributed by atoms with Crippen LogP contribution in [0, 0.1) is 0 Å². The first-order valence-corrected chi connectivity index (χ1v) is 2.50. The quantitative estimate of drug-likeness (QED) is 0.425. The normalized spacial score (nSPS) is 20.0. The molecule has 0 spiro atoms. The van der Waals surface area contributed by atoms with Crippen molar-refractivity contribution in [2.45, 2.75) is 32.1 Å². The van der Waals surface area contributed by atoms with Gasteiger partial charge in [0.1, 0.15) is 0 Å². The highest BCUT2D eigenvalue weighted by atomic mass is 16.0. The summed E-state index contributed by atoms with van der Waals surface area (Å²) in [6.45, 7) is 0. The van der Waals surface area contributed by atoms with E-state index in [4.69, 9.17) is 0 Å². The summed E-state index contributed by atoms with van der Waals surface area (Å²) in [5.74, 6) is 0. The summed E-state index contributed by atoms with van der Waals surface area (Å²) in [5, 5.41) is 0. The summed E-state index contributed by atoms with van der Waals surface area (Å²) in [6, 6.07) is 0.